The molecule has 96 valence electrons. The van der Waals surface area contributed by atoms with Crippen molar-refractivity contribution in [2.45, 2.75) is 32.4 Å². The Labute approximate surface area is 97.8 Å². The Hall–Kier alpha value is -0.650. The molecule has 0 aromatic heterocycles. The van der Waals surface area contributed by atoms with Gasteiger partial charge in [-0.2, -0.15) is 0 Å². The molecular weight excluding hydrogens is 208 g/mol. The zero-order valence-corrected chi connectivity index (χ0v) is 10.7. The third-order valence-corrected chi connectivity index (χ3v) is 2.37. The van der Waals surface area contributed by atoms with E-state index < -0.39 is 12.0 Å². The van der Waals surface area contributed by atoms with Gasteiger partial charge in [-0.25, -0.2) is 0 Å². The molecule has 16 heavy (non-hydrogen) atoms. The summed E-state index contributed by atoms with van der Waals surface area (Å²) >= 11 is 0. The topological polar surface area (TPSA) is 61.8 Å². The summed E-state index contributed by atoms with van der Waals surface area (Å²) in [4.78, 5) is 12.8. The number of carbonyl (C=O) groups is 1. The Kier molecular flexibility index (Phi) is 8.15. The molecule has 0 saturated carbocycles. The first-order chi connectivity index (χ1) is 7.47. The fourth-order valence-corrected chi connectivity index (χ4v) is 1.30. The van der Waals surface area contributed by atoms with Gasteiger partial charge in [-0.3, -0.25) is 4.79 Å². The van der Waals surface area contributed by atoms with Crippen LogP contribution in [0.25, 0.3) is 0 Å². The number of carboxylic acids is 1. The van der Waals surface area contributed by atoms with E-state index in [9.17, 15) is 4.79 Å². The molecule has 0 saturated heterocycles. The summed E-state index contributed by atoms with van der Waals surface area (Å²) < 4.78 is 5.42. The molecule has 1 unspecified atom stereocenters. The molecule has 0 aliphatic carbocycles. The third kappa shape index (κ3) is 7.62. The highest BCUT2D eigenvalue weighted by Gasteiger charge is 2.14. The van der Waals surface area contributed by atoms with Crippen molar-refractivity contribution in [2.24, 2.45) is 0 Å². The van der Waals surface area contributed by atoms with Crippen LogP contribution in [0.3, 0.4) is 0 Å². The van der Waals surface area contributed by atoms with Crippen LogP contribution >= 0.6 is 0 Å². The molecule has 0 rings (SSSR count). The maximum Gasteiger partial charge on any atom is 0.320 e. The van der Waals surface area contributed by atoms with Gasteiger partial charge in [0.05, 0.1) is 12.7 Å². The van der Waals surface area contributed by atoms with Crippen molar-refractivity contribution in [3.05, 3.63) is 0 Å². The lowest BCUT2D eigenvalue weighted by molar-refractivity contribution is -0.139. The zero-order valence-electron chi connectivity index (χ0n) is 10.7. The van der Waals surface area contributed by atoms with Crippen molar-refractivity contribution in [3.63, 3.8) is 0 Å². The van der Waals surface area contributed by atoms with Crippen LogP contribution in [0.4, 0.5) is 0 Å². The summed E-state index contributed by atoms with van der Waals surface area (Å²) in [5.74, 6) is -0.797. The van der Waals surface area contributed by atoms with E-state index in [-0.39, 0.29) is 6.10 Å². The molecule has 0 fully saturated rings. The lowest BCUT2D eigenvalue weighted by Crippen LogP contribution is -2.37. The average Bonchev–Trinajstić information content (AvgIpc) is 2.17. The Balaban J connectivity index is 3.63. The van der Waals surface area contributed by atoms with Gasteiger partial charge in [-0.1, -0.05) is 0 Å². The van der Waals surface area contributed by atoms with E-state index in [4.69, 9.17) is 9.84 Å². The lowest BCUT2D eigenvalue weighted by atomic mass is 10.2. The highest BCUT2D eigenvalue weighted by molar-refractivity contribution is 5.73. The minimum Gasteiger partial charge on any atom is -0.480 e. The van der Waals surface area contributed by atoms with E-state index in [0.29, 0.717) is 13.0 Å². The molecule has 0 heterocycles. The standard InChI is InChI=1S/C11H24N2O3/c1-9(2)16-8-7-13(4)6-5-10(12-3)11(14)15/h9-10,12H,5-8H2,1-4H3,(H,14,15). The maximum atomic E-state index is 10.7. The first-order valence-electron chi connectivity index (χ1n) is 5.67. The number of likely N-dealkylation sites (N-methyl/N-ethyl adjacent to an activating group) is 2. The molecular formula is C11H24N2O3. The third-order valence-electron chi connectivity index (χ3n) is 2.37. The fraction of sp³-hybridized carbons (Fsp3) is 0.909. The summed E-state index contributed by atoms with van der Waals surface area (Å²) in [6.07, 6.45) is 0.849. The number of aliphatic carboxylic acids is 1. The molecule has 0 radical (unpaired) electrons. The largest absolute Gasteiger partial charge is 0.480 e. The number of hydrogen-bond acceptors (Lipinski definition) is 4. The van der Waals surface area contributed by atoms with Crippen molar-refractivity contribution >= 4 is 5.97 Å². The van der Waals surface area contributed by atoms with Crippen LogP contribution in [-0.2, 0) is 9.53 Å². The number of carboxylic acid groups (broad SMARTS) is 1. The van der Waals surface area contributed by atoms with Crippen LogP contribution in [0.2, 0.25) is 0 Å². The Bertz CT molecular complexity index is 198. The van der Waals surface area contributed by atoms with Gasteiger partial charge in [0.15, 0.2) is 0 Å². The minimum absolute atomic E-state index is 0.248. The minimum atomic E-state index is -0.797. The van der Waals surface area contributed by atoms with Crippen molar-refractivity contribution < 1.29 is 14.6 Å². The van der Waals surface area contributed by atoms with Crippen molar-refractivity contribution in [2.75, 3.05) is 33.8 Å². The van der Waals surface area contributed by atoms with Crippen LogP contribution in [0.5, 0.6) is 0 Å². The quantitative estimate of drug-likeness (QED) is 0.603. The highest BCUT2D eigenvalue weighted by atomic mass is 16.5. The smallest absolute Gasteiger partial charge is 0.320 e. The molecule has 2 N–H and O–H groups in total. The number of nitrogens with zero attached hydrogens (tertiary/aromatic N) is 1. The van der Waals surface area contributed by atoms with Gasteiger partial charge in [0.1, 0.15) is 6.04 Å². The molecule has 1 atom stereocenters. The van der Waals surface area contributed by atoms with Gasteiger partial charge in [-0.05, 0) is 40.9 Å². The summed E-state index contributed by atoms with van der Waals surface area (Å²) in [7, 11) is 3.64. The SMILES string of the molecule is CNC(CCN(C)CCOC(C)C)C(=O)O. The van der Waals surface area contributed by atoms with Gasteiger partial charge in [0, 0.05) is 6.54 Å². The summed E-state index contributed by atoms with van der Waals surface area (Å²) in [5, 5.41) is 11.6. The molecule has 0 aliphatic rings. The Morgan fingerprint density at radius 1 is 1.44 bits per heavy atom. The Morgan fingerprint density at radius 3 is 2.50 bits per heavy atom. The number of nitrogens with one attached hydrogen (secondary N) is 1. The van der Waals surface area contributed by atoms with Gasteiger partial charge in [0.2, 0.25) is 0 Å². The molecule has 0 bridgehead atoms. The van der Waals surface area contributed by atoms with Crippen LogP contribution in [0.1, 0.15) is 20.3 Å². The molecule has 0 aliphatic heterocycles. The molecule has 0 aromatic carbocycles. The van der Waals surface area contributed by atoms with E-state index in [0.717, 1.165) is 13.1 Å². The van der Waals surface area contributed by atoms with E-state index in [1.807, 2.05) is 20.9 Å². The second kappa shape index (κ2) is 8.50. The van der Waals surface area contributed by atoms with Crippen LogP contribution in [0, 0.1) is 0 Å². The molecule has 5 heteroatoms. The van der Waals surface area contributed by atoms with Gasteiger partial charge >= 0.3 is 5.97 Å². The van der Waals surface area contributed by atoms with Crippen molar-refractivity contribution in [1.82, 2.24) is 10.2 Å². The van der Waals surface area contributed by atoms with E-state index >= 15 is 0 Å². The predicted octanol–water partition coefficient (Wildman–Crippen LogP) is 0.406. The Morgan fingerprint density at radius 2 is 2.06 bits per heavy atom. The second-order valence-electron chi connectivity index (χ2n) is 4.19. The summed E-state index contributed by atoms with van der Waals surface area (Å²) in [6, 6.07) is -0.464. The molecule has 0 aromatic rings. The van der Waals surface area contributed by atoms with Crippen LogP contribution in [-0.4, -0.2) is 61.9 Å². The molecule has 0 spiro atoms. The zero-order chi connectivity index (χ0) is 12.6. The maximum absolute atomic E-state index is 10.7. The average molecular weight is 232 g/mol. The monoisotopic (exact) mass is 232 g/mol. The van der Waals surface area contributed by atoms with E-state index in [1.54, 1.807) is 7.05 Å². The normalized spacial score (nSPS) is 13.4. The summed E-state index contributed by atoms with van der Waals surface area (Å²) in [6.45, 7) is 6.27. The number of hydrogen-bond donors (Lipinski definition) is 2. The van der Waals surface area contributed by atoms with Gasteiger partial charge in [-0.15, -0.1) is 0 Å². The van der Waals surface area contributed by atoms with Gasteiger partial charge < -0.3 is 20.1 Å². The van der Waals surface area contributed by atoms with E-state index in [2.05, 4.69) is 10.2 Å². The fourth-order valence-electron chi connectivity index (χ4n) is 1.30. The summed E-state index contributed by atoms with van der Waals surface area (Å²) in [5.41, 5.74) is 0. The number of rotatable bonds is 9. The second-order valence-corrected chi connectivity index (χ2v) is 4.19. The number of ether oxygens (including phenoxy) is 1. The predicted molar refractivity (Wildman–Crippen MR) is 63.7 cm³/mol. The van der Waals surface area contributed by atoms with Crippen molar-refractivity contribution in [1.29, 1.82) is 0 Å². The van der Waals surface area contributed by atoms with Gasteiger partial charge in [0.25, 0.3) is 0 Å². The highest BCUT2D eigenvalue weighted by Crippen LogP contribution is 1.96. The molecule has 0 amide bonds. The van der Waals surface area contributed by atoms with E-state index in [1.165, 1.54) is 0 Å². The van der Waals surface area contributed by atoms with Crippen LogP contribution in [0.15, 0.2) is 0 Å². The first-order valence-corrected chi connectivity index (χ1v) is 5.67. The lowest BCUT2D eigenvalue weighted by Gasteiger charge is -2.19. The van der Waals surface area contributed by atoms with Crippen molar-refractivity contribution in [3.8, 4) is 0 Å². The first kappa shape index (κ1) is 15.3. The van der Waals surface area contributed by atoms with Crippen LogP contribution < -0.4 is 5.32 Å². The molecule has 5 nitrogen and oxygen atoms in total.